The molecule has 1 heterocycles. The molecule has 24 heavy (non-hydrogen) atoms. The molecule has 0 aromatic heterocycles. The van der Waals surface area contributed by atoms with Crippen molar-refractivity contribution in [1.29, 1.82) is 0 Å². The second kappa shape index (κ2) is 5.53. The molecule has 3 aromatic carbocycles. The minimum atomic E-state index is -3.56. The molecule has 0 spiro atoms. The van der Waals surface area contributed by atoms with Gasteiger partial charge in [-0.15, -0.1) is 0 Å². The number of nitrogens with zero attached hydrogens (tertiary/aromatic N) is 1. The summed E-state index contributed by atoms with van der Waals surface area (Å²) in [4.78, 5) is 0.317. The normalized spacial score (nSPS) is 14.0. The van der Waals surface area contributed by atoms with Crippen molar-refractivity contribution in [1.82, 2.24) is 0 Å². The van der Waals surface area contributed by atoms with Crippen LogP contribution >= 0.6 is 0 Å². The topological polar surface area (TPSA) is 46.6 Å². The molecule has 0 atom stereocenters. The third kappa shape index (κ3) is 2.32. The second-order valence-corrected chi connectivity index (χ2v) is 7.69. The van der Waals surface area contributed by atoms with Gasteiger partial charge in [-0.3, -0.25) is 4.31 Å². The molecule has 0 radical (unpaired) electrons. The monoisotopic (exact) mass is 339 g/mol. The van der Waals surface area contributed by atoms with Crippen LogP contribution in [0.25, 0.3) is 10.8 Å². The van der Waals surface area contributed by atoms with Gasteiger partial charge in [-0.2, -0.15) is 0 Å². The van der Waals surface area contributed by atoms with E-state index < -0.39 is 10.0 Å². The van der Waals surface area contributed by atoms with Gasteiger partial charge in [0.15, 0.2) is 0 Å². The van der Waals surface area contributed by atoms with Crippen LogP contribution in [0, 0.1) is 0 Å². The zero-order valence-corrected chi connectivity index (χ0v) is 14.1. The molecule has 0 N–H and O–H groups in total. The summed E-state index contributed by atoms with van der Waals surface area (Å²) < 4.78 is 32.9. The number of hydrogen-bond donors (Lipinski definition) is 0. The lowest BCUT2D eigenvalue weighted by Gasteiger charge is -2.19. The Labute approximate surface area is 141 Å². The largest absolute Gasteiger partial charge is 0.497 e. The van der Waals surface area contributed by atoms with Crippen molar-refractivity contribution in [2.24, 2.45) is 0 Å². The molecule has 122 valence electrons. The molecule has 4 nitrogen and oxygen atoms in total. The van der Waals surface area contributed by atoms with E-state index in [0.717, 1.165) is 34.2 Å². The van der Waals surface area contributed by atoms with Crippen LogP contribution in [0.4, 0.5) is 5.69 Å². The Morgan fingerprint density at radius 2 is 1.71 bits per heavy atom. The highest BCUT2D eigenvalue weighted by atomic mass is 32.2. The minimum Gasteiger partial charge on any atom is -0.497 e. The first-order chi connectivity index (χ1) is 11.6. The second-order valence-electron chi connectivity index (χ2n) is 5.83. The Kier molecular flexibility index (Phi) is 3.46. The van der Waals surface area contributed by atoms with Crippen molar-refractivity contribution in [2.75, 3.05) is 18.0 Å². The highest BCUT2D eigenvalue weighted by Crippen LogP contribution is 2.33. The molecule has 0 bridgehead atoms. The molecule has 0 saturated carbocycles. The quantitative estimate of drug-likeness (QED) is 0.732. The summed E-state index contributed by atoms with van der Waals surface area (Å²) >= 11 is 0. The van der Waals surface area contributed by atoms with Gasteiger partial charge in [0.1, 0.15) is 5.75 Å². The third-order valence-corrected chi connectivity index (χ3v) is 6.26. The minimum absolute atomic E-state index is 0.317. The Morgan fingerprint density at radius 1 is 0.958 bits per heavy atom. The number of rotatable bonds is 3. The van der Waals surface area contributed by atoms with Crippen LogP contribution in [0.1, 0.15) is 5.56 Å². The molecule has 3 aromatic rings. The van der Waals surface area contributed by atoms with Crippen molar-refractivity contribution in [3.8, 4) is 5.75 Å². The number of sulfonamides is 1. The van der Waals surface area contributed by atoms with Gasteiger partial charge in [0.2, 0.25) is 0 Å². The van der Waals surface area contributed by atoms with Gasteiger partial charge < -0.3 is 4.74 Å². The van der Waals surface area contributed by atoms with Crippen LogP contribution in [-0.2, 0) is 16.4 Å². The number of ether oxygens (including phenoxy) is 1. The number of anilines is 1. The number of para-hydroxylation sites is 1. The van der Waals surface area contributed by atoms with Gasteiger partial charge in [-0.25, -0.2) is 8.42 Å². The van der Waals surface area contributed by atoms with E-state index in [2.05, 4.69) is 0 Å². The molecule has 5 heteroatoms. The van der Waals surface area contributed by atoms with Crippen molar-refractivity contribution >= 4 is 26.5 Å². The van der Waals surface area contributed by atoms with E-state index in [1.54, 1.807) is 19.2 Å². The molecule has 0 unspecified atom stereocenters. The highest BCUT2D eigenvalue weighted by Gasteiger charge is 2.30. The summed E-state index contributed by atoms with van der Waals surface area (Å²) in [5.74, 6) is 0.756. The van der Waals surface area contributed by atoms with Gasteiger partial charge >= 0.3 is 0 Å². The SMILES string of the molecule is COc1ccc2cc(S(=O)(=O)N3CCc4ccccc43)ccc2c1. The molecule has 0 fully saturated rings. The Balaban J connectivity index is 1.79. The molecule has 4 rings (SSSR count). The summed E-state index contributed by atoms with van der Waals surface area (Å²) in [6.07, 6.45) is 0.750. The third-order valence-electron chi connectivity index (χ3n) is 4.45. The lowest BCUT2D eigenvalue weighted by molar-refractivity contribution is 0.415. The number of hydrogen-bond acceptors (Lipinski definition) is 3. The zero-order chi connectivity index (χ0) is 16.7. The summed E-state index contributed by atoms with van der Waals surface area (Å²) in [5, 5.41) is 1.83. The molecule has 1 aliphatic heterocycles. The first-order valence-corrected chi connectivity index (χ1v) is 9.22. The van der Waals surface area contributed by atoms with Crippen molar-refractivity contribution in [3.63, 3.8) is 0 Å². The van der Waals surface area contributed by atoms with Crippen LogP contribution in [0.2, 0.25) is 0 Å². The van der Waals surface area contributed by atoms with E-state index in [4.69, 9.17) is 4.74 Å². The summed E-state index contributed by atoms with van der Waals surface area (Å²) in [5.41, 5.74) is 1.86. The smallest absolute Gasteiger partial charge is 0.264 e. The van der Waals surface area contributed by atoms with Crippen molar-refractivity contribution < 1.29 is 13.2 Å². The maximum absolute atomic E-state index is 13.1. The number of methoxy groups -OCH3 is 1. The molecule has 0 saturated heterocycles. The molecular formula is C19H17NO3S. The first kappa shape index (κ1) is 15.0. The fourth-order valence-corrected chi connectivity index (χ4v) is 4.71. The molecule has 0 amide bonds. The predicted octanol–water partition coefficient (Wildman–Crippen LogP) is 3.60. The van der Waals surface area contributed by atoms with Crippen molar-refractivity contribution in [3.05, 3.63) is 66.2 Å². The average Bonchev–Trinajstić information content (AvgIpc) is 3.05. The average molecular weight is 339 g/mol. The number of fused-ring (bicyclic) bond motifs is 2. The summed E-state index contributed by atoms with van der Waals surface area (Å²) in [6.45, 7) is 0.488. The lowest BCUT2D eigenvalue weighted by atomic mass is 10.1. The van der Waals surface area contributed by atoms with E-state index in [0.29, 0.717) is 11.4 Å². The van der Waals surface area contributed by atoms with E-state index in [1.807, 2.05) is 48.5 Å². The van der Waals surface area contributed by atoms with Gasteiger partial charge in [-0.1, -0.05) is 30.3 Å². The summed E-state index contributed by atoms with van der Waals surface area (Å²) in [6, 6.07) is 18.5. The molecule has 0 aliphatic carbocycles. The highest BCUT2D eigenvalue weighted by molar-refractivity contribution is 7.92. The van der Waals surface area contributed by atoms with E-state index in [-0.39, 0.29) is 0 Å². The number of benzene rings is 3. The lowest BCUT2D eigenvalue weighted by Crippen LogP contribution is -2.29. The maximum atomic E-state index is 13.1. The summed E-state index contributed by atoms with van der Waals surface area (Å²) in [7, 11) is -1.94. The van der Waals surface area contributed by atoms with Crippen LogP contribution in [0.3, 0.4) is 0 Å². The predicted molar refractivity (Wildman–Crippen MR) is 95.2 cm³/mol. The van der Waals surface area contributed by atoms with Crippen LogP contribution in [-0.4, -0.2) is 22.1 Å². The van der Waals surface area contributed by atoms with Gasteiger partial charge in [0.25, 0.3) is 10.0 Å². The van der Waals surface area contributed by atoms with E-state index in [1.165, 1.54) is 4.31 Å². The first-order valence-electron chi connectivity index (χ1n) is 7.78. The van der Waals surface area contributed by atoms with Crippen LogP contribution in [0.15, 0.2) is 65.6 Å². The standard InChI is InChI=1S/C19H17NO3S/c1-23-17-8-6-16-13-18(9-7-15(16)12-17)24(21,22)20-11-10-14-4-2-3-5-19(14)20/h2-9,12-13H,10-11H2,1H3. The van der Waals surface area contributed by atoms with Gasteiger partial charge in [-0.05, 0) is 53.1 Å². The Morgan fingerprint density at radius 3 is 2.54 bits per heavy atom. The van der Waals surface area contributed by atoms with E-state index >= 15 is 0 Å². The fourth-order valence-electron chi connectivity index (χ4n) is 3.17. The van der Waals surface area contributed by atoms with Crippen LogP contribution < -0.4 is 9.04 Å². The Hall–Kier alpha value is -2.53. The molecular weight excluding hydrogens is 322 g/mol. The van der Waals surface area contributed by atoms with Gasteiger partial charge in [0, 0.05) is 6.54 Å². The van der Waals surface area contributed by atoms with E-state index in [9.17, 15) is 8.42 Å². The van der Waals surface area contributed by atoms with Gasteiger partial charge in [0.05, 0.1) is 17.7 Å². The van der Waals surface area contributed by atoms with Crippen molar-refractivity contribution in [2.45, 2.75) is 11.3 Å². The Bertz CT molecular complexity index is 1030. The molecule has 1 aliphatic rings. The zero-order valence-electron chi connectivity index (χ0n) is 13.3. The maximum Gasteiger partial charge on any atom is 0.264 e. The fraction of sp³-hybridized carbons (Fsp3) is 0.158. The van der Waals surface area contributed by atoms with Crippen LogP contribution in [0.5, 0.6) is 5.75 Å².